The van der Waals surface area contributed by atoms with Gasteiger partial charge in [-0.2, -0.15) is 0 Å². The summed E-state index contributed by atoms with van der Waals surface area (Å²) in [5.41, 5.74) is 4.60. The molecule has 8 aliphatic rings. The molecule has 6 aliphatic carbocycles. The van der Waals surface area contributed by atoms with Gasteiger partial charge in [0, 0.05) is 45.2 Å². The highest BCUT2D eigenvalue weighted by Crippen LogP contribution is 2.58. The molecule has 0 amide bonds. The van der Waals surface area contributed by atoms with Crippen LogP contribution in [0.3, 0.4) is 0 Å². The van der Waals surface area contributed by atoms with Crippen LogP contribution in [0.25, 0.3) is 66.4 Å². The molecule has 2 aromatic heterocycles. The Kier molecular flexibility index (Phi) is 8.93. The molecule has 0 saturated heterocycles. The molecular weight excluding hydrogens is 957 g/mol. The minimum absolute atomic E-state index is 0.0384. The van der Waals surface area contributed by atoms with Gasteiger partial charge in [-0.3, -0.25) is 19.2 Å². The van der Waals surface area contributed by atoms with Crippen molar-refractivity contribution in [3.05, 3.63) is 197 Å². The Balaban J connectivity index is 0.757. The molecule has 2 spiro atoms. The number of fused-ring (bicyclic) bond motifs is 15. The lowest BCUT2D eigenvalue weighted by molar-refractivity contribution is -0.0374. The number of nitrogens with zero attached hydrogens (tertiary/aromatic N) is 2. The van der Waals surface area contributed by atoms with Crippen molar-refractivity contribution < 1.29 is 28.7 Å². The third-order valence-electron chi connectivity index (χ3n) is 17.1. The Morgan fingerprint density at radius 1 is 0.432 bits per heavy atom. The van der Waals surface area contributed by atoms with Crippen LogP contribution in [-0.4, -0.2) is 33.1 Å². The maximum Gasteiger partial charge on any atom is 0.197 e. The molecule has 0 radical (unpaired) electrons. The zero-order valence-electron chi connectivity index (χ0n) is 40.1. The lowest BCUT2D eigenvalue weighted by Gasteiger charge is -2.45. The summed E-state index contributed by atoms with van der Waals surface area (Å²) >= 11 is 3.07. The minimum atomic E-state index is -0.615. The van der Waals surface area contributed by atoms with E-state index >= 15 is 0 Å². The lowest BCUT2D eigenvalue weighted by Crippen LogP contribution is -2.38. The summed E-state index contributed by atoms with van der Waals surface area (Å²) in [6, 6.07) is 32.1. The Morgan fingerprint density at radius 2 is 0.770 bits per heavy atom. The quantitative estimate of drug-likeness (QED) is 0.0956. The Bertz CT molecular complexity index is 3780. The average Bonchev–Trinajstić information content (AvgIpc) is 4.18. The molecule has 0 N–H and O–H groups in total. The molecule has 8 nitrogen and oxygen atoms in total. The molecule has 4 heterocycles. The van der Waals surface area contributed by atoms with Crippen molar-refractivity contribution in [3.63, 3.8) is 0 Å². The summed E-state index contributed by atoms with van der Waals surface area (Å²) in [7, 11) is 0. The van der Waals surface area contributed by atoms with Crippen LogP contribution in [-0.2, 0) is 20.7 Å². The number of benzene rings is 6. The van der Waals surface area contributed by atoms with Gasteiger partial charge in [-0.15, -0.1) is 22.7 Å². The van der Waals surface area contributed by atoms with E-state index in [4.69, 9.17) is 19.4 Å². The van der Waals surface area contributed by atoms with Gasteiger partial charge in [0.1, 0.15) is 32.9 Å². The highest BCUT2D eigenvalue weighted by atomic mass is 32.1. The highest BCUT2D eigenvalue weighted by molar-refractivity contribution is 7.14. The zero-order valence-corrected chi connectivity index (χ0v) is 41.7. The molecule has 358 valence electrons. The zero-order chi connectivity index (χ0) is 49.2. The van der Waals surface area contributed by atoms with Crippen molar-refractivity contribution in [1.82, 2.24) is 9.97 Å². The predicted molar refractivity (Wildman–Crippen MR) is 291 cm³/mol. The standard InChI is InChI=1S/C64H44N2O6S2/c67-55-43-23-37-19-33-11-3-4-12-34(33)20-38(37)24-44(43)56(68)49(55)31-53-65-61-59(73-53)47-27-42-30-52-48(28-41(42)29-51(47)71-63(61)15-7-1-8-16-63)60-62(64(72-52)17-9-2-10-18-64)66-54(74-60)32-50-57(69)45-25-39-21-35-13-5-6-14-36(35)22-40(39)26-46(45)58(50)70/h3-6,11-14,19-32,41-42H,1-2,7-10,15-18H2. The first-order chi connectivity index (χ1) is 36.2. The number of Topliss-reactive ketones (excluding diaryl/α,β-unsaturated/α-hetero) is 4. The predicted octanol–water partition coefficient (Wildman–Crippen LogP) is 15.0. The average molecular weight is 1000 g/mol. The Morgan fingerprint density at radius 3 is 1.11 bits per heavy atom. The fourth-order valence-electron chi connectivity index (χ4n) is 13.4. The normalized spacial score (nSPS) is 21.8. The summed E-state index contributed by atoms with van der Waals surface area (Å²) in [5.74, 6) is 0.539. The number of allylic oxidation sites excluding steroid dienone is 8. The van der Waals surface area contributed by atoms with Crippen molar-refractivity contribution in [2.75, 3.05) is 0 Å². The second-order valence-corrected chi connectivity index (χ2v) is 23.5. The van der Waals surface area contributed by atoms with Gasteiger partial charge in [-0.1, -0.05) is 73.5 Å². The molecule has 0 bridgehead atoms. The van der Waals surface area contributed by atoms with E-state index in [1.165, 1.54) is 22.7 Å². The van der Waals surface area contributed by atoms with Gasteiger partial charge >= 0.3 is 0 Å². The summed E-state index contributed by atoms with van der Waals surface area (Å²) < 4.78 is 14.5. The minimum Gasteiger partial charge on any atom is -0.481 e. The Hall–Kier alpha value is -7.66. The number of hydrogen-bond acceptors (Lipinski definition) is 10. The summed E-state index contributed by atoms with van der Waals surface area (Å²) in [4.78, 5) is 69.2. The SMILES string of the molecule is O=C1C(=Cc2nc3c(s2)C2=CC4C=C5OC6(CCCCC6)c6nc(C=C7C(=O)c8cc9cc%10ccccc%10cc9cc8C7=O)sc6C5=CC4C=C2OC32CCCCC2)C(=O)c2cc3cc4ccccc4cc3cc21. The van der Waals surface area contributed by atoms with Gasteiger partial charge in [-0.25, -0.2) is 9.97 Å². The number of aromatic nitrogens is 2. The maximum absolute atomic E-state index is 14.1. The summed E-state index contributed by atoms with van der Waals surface area (Å²) in [6.07, 6.45) is 22.2. The van der Waals surface area contributed by atoms with Crippen LogP contribution in [0.4, 0.5) is 0 Å². The second-order valence-electron chi connectivity index (χ2n) is 21.5. The van der Waals surface area contributed by atoms with Crippen LogP contribution in [0.15, 0.2) is 144 Å². The van der Waals surface area contributed by atoms with E-state index in [0.717, 1.165) is 151 Å². The topological polar surface area (TPSA) is 113 Å². The number of carbonyl (C=O) groups is 4. The molecule has 74 heavy (non-hydrogen) atoms. The van der Waals surface area contributed by atoms with Crippen LogP contribution in [0.5, 0.6) is 0 Å². The van der Waals surface area contributed by atoms with E-state index in [1.54, 1.807) is 12.2 Å². The second kappa shape index (κ2) is 15.4. The van der Waals surface area contributed by atoms with Gasteiger partial charge < -0.3 is 9.47 Å². The van der Waals surface area contributed by atoms with E-state index in [-0.39, 0.29) is 46.1 Å². The van der Waals surface area contributed by atoms with Crippen molar-refractivity contribution in [2.45, 2.75) is 75.4 Å². The molecule has 2 unspecified atom stereocenters. The molecule has 2 atom stereocenters. The molecular formula is C64H44N2O6S2. The van der Waals surface area contributed by atoms with Gasteiger partial charge in [0.15, 0.2) is 34.3 Å². The van der Waals surface area contributed by atoms with E-state index in [9.17, 15) is 19.2 Å². The molecule has 6 aromatic carbocycles. The maximum atomic E-state index is 14.1. The largest absolute Gasteiger partial charge is 0.481 e. The van der Waals surface area contributed by atoms with Gasteiger partial charge in [0.05, 0.1) is 20.9 Å². The van der Waals surface area contributed by atoms with Crippen LogP contribution in [0, 0.1) is 11.8 Å². The molecule has 2 saturated carbocycles. The van der Waals surface area contributed by atoms with Crippen molar-refractivity contribution in [2.24, 2.45) is 11.8 Å². The van der Waals surface area contributed by atoms with Gasteiger partial charge in [0.2, 0.25) is 0 Å². The number of thiazole rings is 2. The smallest absolute Gasteiger partial charge is 0.197 e. The number of hydrogen-bond donors (Lipinski definition) is 0. The van der Waals surface area contributed by atoms with Gasteiger partial charge in [0.25, 0.3) is 0 Å². The van der Waals surface area contributed by atoms with Crippen LogP contribution in [0.1, 0.15) is 137 Å². The third-order valence-corrected chi connectivity index (χ3v) is 19.2. The third kappa shape index (κ3) is 6.18. The number of ketones is 4. The number of rotatable bonds is 2. The van der Waals surface area contributed by atoms with Gasteiger partial charge in [-0.05, 0) is 167 Å². The lowest BCUT2D eigenvalue weighted by atomic mass is 9.73. The highest BCUT2D eigenvalue weighted by Gasteiger charge is 2.50. The summed E-state index contributed by atoms with van der Waals surface area (Å²) in [5, 5.41) is 9.31. The fourth-order valence-corrected chi connectivity index (χ4v) is 15.7. The van der Waals surface area contributed by atoms with Crippen molar-refractivity contribution in [1.29, 1.82) is 0 Å². The van der Waals surface area contributed by atoms with Crippen LogP contribution >= 0.6 is 22.7 Å². The van der Waals surface area contributed by atoms with Crippen LogP contribution < -0.4 is 0 Å². The molecule has 10 heteroatoms. The molecule has 2 aliphatic heterocycles. The van der Waals surface area contributed by atoms with Crippen molar-refractivity contribution >= 4 is 112 Å². The molecule has 2 fully saturated rings. The van der Waals surface area contributed by atoms with Crippen LogP contribution in [0.2, 0.25) is 0 Å². The van der Waals surface area contributed by atoms with E-state index in [1.807, 2.05) is 48.5 Å². The number of ether oxygens (including phenoxy) is 2. The fraction of sp³-hybridized carbons (Fsp3) is 0.219. The first-order valence-corrected chi connectivity index (χ1v) is 27.6. The molecule has 16 rings (SSSR count). The number of carbonyl (C=O) groups excluding carboxylic acids is 4. The van der Waals surface area contributed by atoms with E-state index in [0.29, 0.717) is 32.3 Å². The van der Waals surface area contributed by atoms with E-state index < -0.39 is 11.2 Å². The summed E-state index contributed by atoms with van der Waals surface area (Å²) in [6.45, 7) is 0. The van der Waals surface area contributed by atoms with E-state index in [2.05, 4.69) is 72.8 Å². The Labute approximate surface area is 433 Å². The first kappa shape index (κ1) is 42.8. The molecule has 8 aromatic rings. The first-order valence-electron chi connectivity index (χ1n) is 26.0. The van der Waals surface area contributed by atoms with Crippen molar-refractivity contribution in [3.8, 4) is 0 Å². The monoisotopic (exact) mass is 1000 g/mol.